The molecule has 26 heavy (non-hydrogen) atoms. The van der Waals surface area contributed by atoms with Gasteiger partial charge in [0.05, 0.1) is 0 Å². The van der Waals surface area contributed by atoms with Crippen LogP contribution in [0, 0.1) is 5.41 Å². The lowest BCUT2D eigenvalue weighted by Gasteiger charge is -2.38. The van der Waals surface area contributed by atoms with Crippen molar-refractivity contribution < 1.29 is 14.3 Å². The fourth-order valence-corrected chi connectivity index (χ4v) is 3.05. The third-order valence-electron chi connectivity index (χ3n) is 4.73. The zero-order chi connectivity index (χ0) is 19.5. The molecule has 0 aromatic heterocycles. The van der Waals surface area contributed by atoms with Crippen molar-refractivity contribution in [2.24, 2.45) is 5.41 Å². The number of hydrogen-bond acceptors (Lipinski definition) is 3. The lowest BCUT2D eigenvalue weighted by molar-refractivity contribution is -0.147. The molecule has 1 atom stereocenters. The SMILES string of the molecule is CC(Oc1ccc(C(C)C)cc1)C(=O)N1CCN(C(=O)C(C)(C)C)CC1. The van der Waals surface area contributed by atoms with Gasteiger partial charge in [-0.1, -0.05) is 46.8 Å². The van der Waals surface area contributed by atoms with E-state index in [2.05, 4.69) is 13.8 Å². The molecule has 2 rings (SSSR count). The molecule has 1 aliphatic rings. The van der Waals surface area contributed by atoms with Gasteiger partial charge in [0, 0.05) is 31.6 Å². The standard InChI is InChI=1S/C21H32N2O3/c1-15(2)17-7-9-18(10-8-17)26-16(3)19(24)22-11-13-23(14-12-22)20(25)21(4,5)6/h7-10,15-16H,11-14H2,1-6H3. The Bertz CT molecular complexity index is 624. The number of piperazine rings is 1. The molecule has 144 valence electrons. The summed E-state index contributed by atoms with van der Waals surface area (Å²) in [6.45, 7) is 14.1. The normalized spacial score (nSPS) is 16.6. The predicted molar refractivity (Wildman–Crippen MR) is 103 cm³/mol. The Morgan fingerprint density at radius 3 is 1.88 bits per heavy atom. The first kappa shape index (κ1) is 20.3. The molecule has 1 unspecified atom stereocenters. The van der Waals surface area contributed by atoms with Crippen LogP contribution in [0.5, 0.6) is 5.75 Å². The van der Waals surface area contributed by atoms with Crippen LogP contribution in [0.15, 0.2) is 24.3 Å². The van der Waals surface area contributed by atoms with Crippen LogP contribution in [0.4, 0.5) is 0 Å². The zero-order valence-electron chi connectivity index (χ0n) is 16.9. The first-order chi connectivity index (χ1) is 12.1. The first-order valence-corrected chi connectivity index (χ1v) is 9.44. The van der Waals surface area contributed by atoms with Gasteiger partial charge in [-0.2, -0.15) is 0 Å². The van der Waals surface area contributed by atoms with Crippen LogP contribution in [0.1, 0.15) is 53.0 Å². The molecule has 0 bridgehead atoms. The predicted octanol–water partition coefficient (Wildman–Crippen LogP) is 3.29. The minimum atomic E-state index is -0.537. The van der Waals surface area contributed by atoms with Crippen molar-refractivity contribution in [2.75, 3.05) is 26.2 Å². The quantitative estimate of drug-likeness (QED) is 0.828. The molecule has 0 N–H and O–H groups in total. The van der Waals surface area contributed by atoms with Crippen molar-refractivity contribution >= 4 is 11.8 Å². The molecular weight excluding hydrogens is 328 g/mol. The van der Waals surface area contributed by atoms with Crippen LogP contribution >= 0.6 is 0 Å². The fourth-order valence-electron chi connectivity index (χ4n) is 3.05. The molecule has 1 aromatic carbocycles. The van der Waals surface area contributed by atoms with Crippen LogP contribution in [-0.2, 0) is 9.59 Å². The summed E-state index contributed by atoms with van der Waals surface area (Å²) >= 11 is 0. The van der Waals surface area contributed by atoms with E-state index in [9.17, 15) is 9.59 Å². The molecule has 1 heterocycles. The van der Waals surface area contributed by atoms with Crippen molar-refractivity contribution in [3.8, 4) is 5.75 Å². The van der Waals surface area contributed by atoms with Crippen LogP contribution in [0.3, 0.4) is 0 Å². The molecule has 0 saturated carbocycles. The molecule has 0 spiro atoms. The Balaban J connectivity index is 1.88. The molecule has 1 aromatic rings. The third-order valence-corrected chi connectivity index (χ3v) is 4.73. The van der Waals surface area contributed by atoms with Gasteiger partial charge in [-0.15, -0.1) is 0 Å². The number of rotatable bonds is 4. The fraction of sp³-hybridized carbons (Fsp3) is 0.619. The molecule has 5 heteroatoms. The molecule has 2 amide bonds. The molecule has 0 radical (unpaired) electrons. The van der Waals surface area contributed by atoms with Crippen molar-refractivity contribution in [1.82, 2.24) is 9.80 Å². The number of ether oxygens (including phenoxy) is 1. The van der Waals surface area contributed by atoms with Crippen LogP contribution in [-0.4, -0.2) is 53.9 Å². The second-order valence-corrected chi connectivity index (χ2v) is 8.35. The Morgan fingerprint density at radius 2 is 1.42 bits per heavy atom. The van der Waals surface area contributed by atoms with Gasteiger partial charge >= 0.3 is 0 Å². The van der Waals surface area contributed by atoms with E-state index in [1.807, 2.05) is 49.9 Å². The maximum Gasteiger partial charge on any atom is 0.263 e. The van der Waals surface area contributed by atoms with Gasteiger partial charge in [-0.25, -0.2) is 0 Å². The van der Waals surface area contributed by atoms with Gasteiger partial charge in [-0.3, -0.25) is 9.59 Å². The Labute approximate surface area is 157 Å². The highest BCUT2D eigenvalue weighted by Crippen LogP contribution is 2.21. The topological polar surface area (TPSA) is 49.9 Å². The molecular formula is C21H32N2O3. The van der Waals surface area contributed by atoms with Crippen molar-refractivity contribution in [2.45, 2.75) is 53.6 Å². The average molecular weight is 360 g/mol. The third kappa shape index (κ3) is 4.99. The lowest BCUT2D eigenvalue weighted by atomic mass is 9.94. The maximum absolute atomic E-state index is 12.6. The molecule has 5 nitrogen and oxygen atoms in total. The summed E-state index contributed by atoms with van der Waals surface area (Å²) < 4.78 is 5.82. The van der Waals surface area contributed by atoms with E-state index in [0.29, 0.717) is 37.8 Å². The van der Waals surface area contributed by atoms with E-state index >= 15 is 0 Å². The molecule has 1 fully saturated rings. The van der Waals surface area contributed by atoms with Crippen molar-refractivity contribution in [1.29, 1.82) is 0 Å². The van der Waals surface area contributed by atoms with E-state index in [4.69, 9.17) is 4.74 Å². The number of carbonyl (C=O) groups excluding carboxylic acids is 2. The molecule has 1 saturated heterocycles. The minimum absolute atomic E-state index is 0.0270. The van der Waals surface area contributed by atoms with Crippen molar-refractivity contribution in [3.05, 3.63) is 29.8 Å². The summed E-state index contributed by atoms with van der Waals surface area (Å²) in [6, 6.07) is 7.90. The van der Waals surface area contributed by atoms with E-state index in [0.717, 1.165) is 0 Å². The average Bonchev–Trinajstić information content (AvgIpc) is 2.60. The van der Waals surface area contributed by atoms with Crippen LogP contribution < -0.4 is 4.74 Å². The number of hydrogen-bond donors (Lipinski definition) is 0. The van der Waals surface area contributed by atoms with Gasteiger partial charge < -0.3 is 14.5 Å². The van der Waals surface area contributed by atoms with Crippen LogP contribution in [0.2, 0.25) is 0 Å². The van der Waals surface area contributed by atoms with Gasteiger partial charge in [0.1, 0.15) is 5.75 Å². The highest BCUT2D eigenvalue weighted by atomic mass is 16.5. The van der Waals surface area contributed by atoms with Gasteiger partial charge in [-0.05, 0) is 30.5 Å². The van der Waals surface area contributed by atoms with E-state index in [-0.39, 0.29) is 17.2 Å². The second-order valence-electron chi connectivity index (χ2n) is 8.35. The number of benzene rings is 1. The summed E-state index contributed by atoms with van der Waals surface area (Å²) in [6.07, 6.45) is -0.537. The van der Waals surface area contributed by atoms with E-state index in [1.165, 1.54) is 5.56 Å². The smallest absolute Gasteiger partial charge is 0.263 e. The Hall–Kier alpha value is -2.04. The van der Waals surface area contributed by atoms with E-state index < -0.39 is 6.10 Å². The maximum atomic E-state index is 12.6. The number of carbonyl (C=O) groups is 2. The number of amides is 2. The summed E-state index contributed by atoms with van der Waals surface area (Å²) in [5.74, 6) is 1.28. The monoisotopic (exact) mass is 360 g/mol. The summed E-state index contributed by atoms with van der Waals surface area (Å²) in [5.41, 5.74) is 0.862. The minimum Gasteiger partial charge on any atom is -0.481 e. The van der Waals surface area contributed by atoms with Crippen LogP contribution in [0.25, 0.3) is 0 Å². The molecule has 1 aliphatic heterocycles. The van der Waals surface area contributed by atoms with E-state index in [1.54, 1.807) is 11.8 Å². The summed E-state index contributed by atoms with van der Waals surface area (Å²) in [4.78, 5) is 28.6. The first-order valence-electron chi connectivity index (χ1n) is 9.44. The van der Waals surface area contributed by atoms with Gasteiger partial charge in [0.2, 0.25) is 5.91 Å². The Kier molecular flexibility index (Phi) is 6.32. The number of nitrogens with zero attached hydrogens (tertiary/aromatic N) is 2. The largest absolute Gasteiger partial charge is 0.481 e. The van der Waals surface area contributed by atoms with Gasteiger partial charge in [0.25, 0.3) is 5.91 Å². The highest BCUT2D eigenvalue weighted by Gasteiger charge is 2.32. The second kappa shape index (κ2) is 8.11. The lowest BCUT2D eigenvalue weighted by Crippen LogP contribution is -2.55. The Morgan fingerprint density at radius 1 is 0.923 bits per heavy atom. The zero-order valence-corrected chi connectivity index (χ0v) is 16.9. The summed E-state index contributed by atoms with van der Waals surface area (Å²) in [5, 5.41) is 0. The van der Waals surface area contributed by atoms with Crippen molar-refractivity contribution in [3.63, 3.8) is 0 Å². The summed E-state index contributed by atoms with van der Waals surface area (Å²) in [7, 11) is 0. The van der Waals surface area contributed by atoms with Gasteiger partial charge in [0.15, 0.2) is 6.10 Å². The molecule has 0 aliphatic carbocycles. The highest BCUT2D eigenvalue weighted by molar-refractivity contribution is 5.83.